The Morgan fingerprint density at radius 2 is 1.81 bits per heavy atom. The van der Waals surface area contributed by atoms with Gasteiger partial charge >= 0.3 is 5.97 Å². The number of carbonyl (C=O) groups excluding carboxylic acids is 2. The van der Waals surface area contributed by atoms with Crippen LogP contribution in [0.2, 0.25) is 0 Å². The van der Waals surface area contributed by atoms with E-state index in [4.69, 9.17) is 0 Å². The van der Waals surface area contributed by atoms with E-state index in [1.54, 1.807) is 19.1 Å². The quantitative estimate of drug-likeness (QED) is 0.732. The first-order valence-electron chi connectivity index (χ1n) is 5.22. The van der Waals surface area contributed by atoms with Crippen LogP contribution in [-0.2, 0) is 9.53 Å². The van der Waals surface area contributed by atoms with Crippen molar-refractivity contribution < 1.29 is 14.3 Å². The number of hydrogen-bond donors (Lipinski definition) is 0. The summed E-state index contributed by atoms with van der Waals surface area (Å²) in [7, 11) is 1.36. The molecule has 0 bridgehead atoms. The Kier molecular flexibility index (Phi) is 4.23. The number of esters is 1. The van der Waals surface area contributed by atoms with E-state index in [0.717, 1.165) is 5.56 Å². The summed E-state index contributed by atoms with van der Waals surface area (Å²) in [5.41, 5.74) is 1.59. The summed E-state index contributed by atoms with van der Waals surface area (Å²) in [6.45, 7) is 3.58. The molecule has 0 heterocycles. The van der Waals surface area contributed by atoms with E-state index >= 15 is 0 Å². The molecule has 0 N–H and O–H groups in total. The molecule has 1 rings (SSSR count). The molecular formula is C13H16O3. The van der Waals surface area contributed by atoms with Gasteiger partial charge in [-0.2, -0.15) is 0 Å². The van der Waals surface area contributed by atoms with Crippen molar-refractivity contribution in [1.82, 2.24) is 0 Å². The van der Waals surface area contributed by atoms with E-state index in [9.17, 15) is 9.59 Å². The molecule has 0 fully saturated rings. The number of benzene rings is 1. The predicted octanol–water partition coefficient (Wildman–Crippen LogP) is 2.56. The summed E-state index contributed by atoms with van der Waals surface area (Å²) in [4.78, 5) is 22.2. The fourth-order valence-electron chi connectivity index (χ4n) is 1.61. The molecule has 0 saturated heterocycles. The molecule has 0 aliphatic rings. The number of ketones is 1. The topological polar surface area (TPSA) is 43.4 Å². The second kappa shape index (κ2) is 5.45. The van der Waals surface area contributed by atoms with Gasteiger partial charge < -0.3 is 9.53 Å². The van der Waals surface area contributed by atoms with Crippen molar-refractivity contribution in [3.8, 4) is 0 Å². The van der Waals surface area contributed by atoms with Gasteiger partial charge in [0.2, 0.25) is 0 Å². The van der Waals surface area contributed by atoms with E-state index < -0.39 is 0 Å². The molecule has 0 saturated carbocycles. The largest absolute Gasteiger partial charge is 0.465 e. The van der Waals surface area contributed by atoms with E-state index in [-0.39, 0.29) is 17.7 Å². The van der Waals surface area contributed by atoms with Crippen LogP contribution in [0.15, 0.2) is 24.3 Å². The summed E-state index contributed by atoms with van der Waals surface area (Å²) in [6.07, 6.45) is 0.525. The SMILES string of the molecule is COC(=O)c1ccc([C@@H](C)CC(C)=O)cc1. The van der Waals surface area contributed by atoms with Gasteiger partial charge in [-0.25, -0.2) is 4.79 Å². The first kappa shape index (κ1) is 12.4. The fourth-order valence-corrected chi connectivity index (χ4v) is 1.61. The van der Waals surface area contributed by atoms with Gasteiger partial charge in [0.15, 0.2) is 0 Å². The van der Waals surface area contributed by atoms with Crippen LogP contribution in [0.4, 0.5) is 0 Å². The Hall–Kier alpha value is -1.64. The van der Waals surface area contributed by atoms with Crippen molar-refractivity contribution in [3.63, 3.8) is 0 Å². The first-order valence-corrected chi connectivity index (χ1v) is 5.22. The Balaban J connectivity index is 2.78. The molecule has 1 atom stereocenters. The zero-order valence-corrected chi connectivity index (χ0v) is 9.82. The molecular weight excluding hydrogens is 204 g/mol. The highest BCUT2D eigenvalue weighted by atomic mass is 16.5. The number of rotatable bonds is 4. The van der Waals surface area contributed by atoms with Gasteiger partial charge in [0, 0.05) is 6.42 Å². The van der Waals surface area contributed by atoms with Crippen LogP contribution in [0.25, 0.3) is 0 Å². The van der Waals surface area contributed by atoms with Crippen molar-refractivity contribution >= 4 is 11.8 Å². The highest BCUT2D eigenvalue weighted by Gasteiger charge is 2.10. The molecule has 0 aliphatic carbocycles. The Morgan fingerprint density at radius 3 is 2.25 bits per heavy atom. The molecule has 3 nitrogen and oxygen atoms in total. The van der Waals surface area contributed by atoms with Gasteiger partial charge in [0.05, 0.1) is 12.7 Å². The van der Waals surface area contributed by atoms with Crippen LogP contribution in [-0.4, -0.2) is 18.9 Å². The van der Waals surface area contributed by atoms with Crippen molar-refractivity contribution in [2.75, 3.05) is 7.11 Å². The molecule has 0 radical (unpaired) electrons. The lowest BCUT2D eigenvalue weighted by atomic mass is 9.95. The number of methoxy groups -OCH3 is 1. The van der Waals surface area contributed by atoms with Gasteiger partial charge in [-0.15, -0.1) is 0 Å². The lowest BCUT2D eigenvalue weighted by Gasteiger charge is -2.10. The van der Waals surface area contributed by atoms with E-state index in [2.05, 4.69) is 4.74 Å². The number of Topliss-reactive ketones (excluding diaryl/α,β-unsaturated/α-hetero) is 1. The average Bonchev–Trinajstić information content (AvgIpc) is 2.27. The summed E-state index contributed by atoms with van der Waals surface area (Å²) in [5, 5.41) is 0. The minimum Gasteiger partial charge on any atom is -0.465 e. The van der Waals surface area contributed by atoms with Gasteiger partial charge in [0.25, 0.3) is 0 Å². The summed E-state index contributed by atoms with van der Waals surface area (Å²) in [5.74, 6) is 0.0134. The monoisotopic (exact) mass is 220 g/mol. The second-order valence-electron chi connectivity index (χ2n) is 3.92. The van der Waals surface area contributed by atoms with Crippen LogP contribution in [0.5, 0.6) is 0 Å². The van der Waals surface area contributed by atoms with Crippen molar-refractivity contribution in [2.24, 2.45) is 0 Å². The van der Waals surface area contributed by atoms with Crippen molar-refractivity contribution in [2.45, 2.75) is 26.2 Å². The summed E-state index contributed by atoms with van der Waals surface area (Å²) in [6, 6.07) is 7.16. The number of hydrogen-bond acceptors (Lipinski definition) is 3. The fraction of sp³-hybridized carbons (Fsp3) is 0.385. The molecule has 0 amide bonds. The normalized spacial score (nSPS) is 11.9. The van der Waals surface area contributed by atoms with Crippen LogP contribution < -0.4 is 0 Å². The maximum atomic E-state index is 11.2. The Morgan fingerprint density at radius 1 is 1.25 bits per heavy atom. The molecule has 0 unspecified atom stereocenters. The van der Waals surface area contributed by atoms with Gasteiger partial charge in [-0.05, 0) is 30.5 Å². The Bertz CT molecular complexity index is 379. The highest BCUT2D eigenvalue weighted by Crippen LogP contribution is 2.19. The maximum Gasteiger partial charge on any atom is 0.337 e. The lowest BCUT2D eigenvalue weighted by Crippen LogP contribution is -2.03. The molecule has 86 valence electrons. The standard InChI is InChI=1S/C13H16O3/c1-9(8-10(2)14)11-4-6-12(7-5-11)13(15)16-3/h4-7,9H,8H2,1-3H3/t9-/m0/s1. The van der Waals surface area contributed by atoms with Crippen LogP contribution in [0, 0.1) is 0 Å². The summed E-state index contributed by atoms with van der Waals surface area (Å²) >= 11 is 0. The number of ether oxygens (including phenoxy) is 1. The predicted molar refractivity (Wildman–Crippen MR) is 61.5 cm³/mol. The highest BCUT2D eigenvalue weighted by molar-refractivity contribution is 5.89. The third-order valence-electron chi connectivity index (χ3n) is 2.49. The average molecular weight is 220 g/mol. The first-order chi connectivity index (χ1) is 7.54. The Labute approximate surface area is 95.4 Å². The van der Waals surface area contributed by atoms with Crippen LogP contribution in [0.3, 0.4) is 0 Å². The molecule has 16 heavy (non-hydrogen) atoms. The third kappa shape index (κ3) is 3.19. The lowest BCUT2D eigenvalue weighted by molar-refractivity contribution is -0.117. The van der Waals surface area contributed by atoms with E-state index in [0.29, 0.717) is 12.0 Å². The van der Waals surface area contributed by atoms with E-state index in [1.165, 1.54) is 7.11 Å². The molecule has 3 heteroatoms. The molecule has 1 aromatic rings. The van der Waals surface area contributed by atoms with Crippen molar-refractivity contribution in [3.05, 3.63) is 35.4 Å². The molecule has 0 spiro atoms. The molecule has 1 aromatic carbocycles. The summed E-state index contributed by atoms with van der Waals surface area (Å²) < 4.78 is 4.61. The zero-order chi connectivity index (χ0) is 12.1. The van der Waals surface area contributed by atoms with Crippen molar-refractivity contribution in [1.29, 1.82) is 0 Å². The molecule has 0 aromatic heterocycles. The molecule has 0 aliphatic heterocycles. The minimum absolute atomic E-state index is 0.171. The van der Waals surface area contributed by atoms with Gasteiger partial charge in [-0.1, -0.05) is 19.1 Å². The second-order valence-corrected chi connectivity index (χ2v) is 3.92. The van der Waals surface area contributed by atoms with Gasteiger partial charge in [0.1, 0.15) is 5.78 Å². The van der Waals surface area contributed by atoms with E-state index in [1.807, 2.05) is 19.1 Å². The minimum atomic E-state index is -0.342. The van der Waals surface area contributed by atoms with Crippen LogP contribution >= 0.6 is 0 Å². The maximum absolute atomic E-state index is 11.2. The smallest absolute Gasteiger partial charge is 0.337 e. The van der Waals surface area contributed by atoms with Crippen LogP contribution in [0.1, 0.15) is 42.1 Å². The number of carbonyl (C=O) groups is 2. The third-order valence-corrected chi connectivity index (χ3v) is 2.49. The van der Waals surface area contributed by atoms with Gasteiger partial charge in [-0.3, -0.25) is 0 Å². The zero-order valence-electron chi connectivity index (χ0n) is 9.82.